The number of aryl methyl sites for hydroxylation is 1. The number of pyridine rings is 1. The van der Waals surface area contributed by atoms with Crippen LogP contribution in [0.25, 0.3) is 0 Å². The molecule has 2 rings (SSSR count). The summed E-state index contributed by atoms with van der Waals surface area (Å²) >= 11 is 2.98. The maximum atomic E-state index is 12.9. The van der Waals surface area contributed by atoms with Crippen LogP contribution >= 0.6 is 15.9 Å². The number of anilines is 1. The fraction of sp³-hybridized carbons (Fsp3) is 0.250. The van der Waals surface area contributed by atoms with E-state index in [0.29, 0.717) is 5.69 Å². The molecule has 2 aromatic heterocycles. The molecule has 106 valence electrons. The number of halogens is 4. The fourth-order valence-electron chi connectivity index (χ4n) is 1.48. The first kappa shape index (κ1) is 14.7. The van der Waals surface area contributed by atoms with Gasteiger partial charge in [-0.05, 0) is 28.9 Å². The normalized spacial score (nSPS) is 11.4. The van der Waals surface area contributed by atoms with Crippen molar-refractivity contribution in [2.24, 2.45) is 0 Å². The third-order valence-corrected chi connectivity index (χ3v) is 2.86. The molecule has 0 aliphatic heterocycles. The molecule has 0 bridgehead atoms. The zero-order valence-corrected chi connectivity index (χ0v) is 12.0. The highest BCUT2D eigenvalue weighted by Crippen LogP contribution is 2.35. The van der Waals surface area contributed by atoms with Gasteiger partial charge in [0.1, 0.15) is 5.82 Å². The number of rotatable bonds is 3. The Labute approximate surface area is 121 Å². The van der Waals surface area contributed by atoms with Crippen LogP contribution in [0.5, 0.6) is 0 Å². The van der Waals surface area contributed by atoms with E-state index < -0.39 is 11.7 Å². The standard InChI is InChI=1S/C12H10BrF3N4/c1-7-3-18-9(5-17-7)6-20-11-10(12(14,15)16)2-8(13)4-19-11/h2-5H,6H2,1H3,(H,19,20). The quantitative estimate of drug-likeness (QED) is 0.922. The van der Waals surface area contributed by atoms with Gasteiger partial charge in [0.15, 0.2) is 0 Å². The summed E-state index contributed by atoms with van der Waals surface area (Å²) in [6.45, 7) is 1.90. The maximum Gasteiger partial charge on any atom is 0.419 e. The van der Waals surface area contributed by atoms with Gasteiger partial charge in [-0.25, -0.2) is 4.98 Å². The minimum Gasteiger partial charge on any atom is -0.364 e. The van der Waals surface area contributed by atoms with Gasteiger partial charge >= 0.3 is 6.18 Å². The summed E-state index contributed by atoms with van der Waals surface area (Å²) < 4.78 is 38.9. The number of aromatic nitrogens is 3. The lowest BCUT2D eigenvalue weighted by molar-refractivity contribution is -0.137. The second kappa shape index (κ2) is 5.74. The molecule has 4 nitrogen and oxygen atoms in total. The van der Waals surface area contributed by atoms with Gasteiger partial charge in [-0.1, -0.05) is 0 Å². The topological polar surface area (TPSA) is 50.7 Å². The average molecular weight is 347 g/mol. The summed E-state index contributed by atoms with van der Waals surface area (Å²) in [7, 11) is 0. The Hall–Kier alpha value is -1.70. The molecule has 0 fully saturated rings. The summed E-state index contributed by atoms with van der Waals surface area (Å²) in [4.78, 5) is 11.8. The van der Waals surface area contributed by atoms with E-state index >= 15 is 0 Å². The van der Waals surface area contributed by atoms with Gasteiger partial charge in [0, 0.05) is 16.9 Å². The van der Waals surface area contributed by atoms with E-state index in [1.54, 1.807) is 13.1 Å². The molecule has 0 saturated carbocycles. The molecule has 0 atom stereocenters. The van der Waals surface area contributed by atoms with Crippen molar-refractivity contribution in [1.29, 1.82) is 0 Å². The van der Waals surface area contributed by atoms with Gasteiger partial charge in [0.2, 0.25) is 0 Å². The van der Waals surface area contributed by atoms with Gasteiger partial charge < -0.3 is 5.32 Å². The first-order valence-corrected chi connectivity index (χ1v) is 6.39. The smallest absolute Gasteiger partial charge is 0.364 e. The predicted molar refractivity (Wildman–Crippen MR) is 71.0 cm³/mol. The summed E-state index contributed by atoms with van der Waals surface area (Å²) in [5.74, 6) is -0.233. The summed E-state index contributed by atoms with van der Waals surface area (Å²) in [5, 5.41) is 2.63. The first-order chi connectivity index (χ1) is 9.36. The average Bonchev–Trinajstić information content (AvgIpc) is 2.38. The molecule has 0 spiro atoms. The first-order valence-electron chi connectivity index (χ1n) is 5.60. The van der Waals surface area contributed by atoms with Gasteiger partial charge in [0.25, 0.3) is 0 Å². The van der Waals surface area contributed by atoms with Gasteiger partial charge in [-0.3, -0.25) is 9.97 Å². The molecule has 1 N–H and O–H groups in total. The Balaban J connectivity index is 2.19. The van der Waals surface area contributed by atoms with Crippen LogP contribution in [0.1, 0.15) is 17.0 Å². The van der Waals surface area contributed by atoms with Gasteiger partial charge in [-0.15, -0.1) is 0 Å². The summed E-state index contributed by atoms with van der Waals surface area (Å²) in [6, 6.07) is 0.982. The summed E-state index contributed by atoms with van der Waals surface area (Å²) in [6.07, 6.45) is -0.110. The van der Waals surface area contributed by atoms with Crippen LogP contribution in [0.2, 0.25) is 0 Å². The number of hydrogen-bond acceptors (Lipinski definition) is 4. The van der Waals surface area contributed by atoms with Crippen LogP contribution in [0.15, 0.2) is 29.1 Å². The number of nitrogens with zero attached hydrogens (tertiary/aromatic N) is 3. The Morgan fingerprint density at radius 2 is 1.90 bits per heavy atom. The highest BCUT2D eigenvalue weighted by molar-refractivity contribution is 9.10. The third kappa shape index (κ3) is 3.66. The highest BCUT2D eigenvalue weighted by Gasteiger charge is 2.34. The van der Waals surface area contributed by atoms with Crippen LogP contribution in [0.4, 0.5) is 19.0 Å². The Bertz CT molecular complexity index is 599. The van der Waals surface area contributed by atoms with Crippen molar-refractivity contribution >= 4 is 21.7 Å². The molecule has 2 heterocycles. The number of hydrogen-bond donors (Lipinski definition) is 1. The molecule has 0 aromatic carbocycles. The fourth-order valence-corrected chi connectivity index (χ4v) is 1.81. The number of alkyl halides is 3. The van der Waals surface area contributed by atoms with E-state index in [9.17, 15) is 13.2 Å². The van der Waals surface area contributed by atoms with E-state index in [4.69, 9.17) is 0 Å². The van der Waals surface area contributed by atoms with E-state index in [0.717, 1.165) is 11.8 Å². The van der Waals surface area contributed by atoms with E-state index in [-0.39, 0.29) is 16.8 Å². The second-order valence-electron chi connectivity index (χ2n) is 4.05. The van der Waals surface area contributed by atoms with Crippen LogP contribution in [-0.2, 0) is 12.7 Å². The van der Waals surface area contributed by atoms with Crippen LogP contribution < -0.4 is 5.32 Å². The third-order valence-electron chi connectivity index (χ3n) is 2.43. The Kier molecular flexibility index (Phi) is 4.22. The minimum atomic E-state index is -4.47. The molecule has 0 aliphatic rings. The predicted octanol–water partition coefficient (Wildman–Crippen LogP) is 3.57. The molecule has 20 heavy (non-hydrogen) atoms. The second-order valence-corrected chi connectivity index (χ2v) is 4.97. The molecule has 0 saturated heterocycles. The van der Waals surface area contributed by atoms with Crippen LogP contribution in [0.3, 0.4) is 0 Å². The number of nitrogens with one attached hydrogen (secondary N) is 1. The Morgan fingerprint density at radius 1 is 1.15 bits per heavy atom. The van der Waals surface area contributed by atoms with Crippen molar-refractivity contribution < 1.29 is 13.2 Å². The molecule has 0 amide bonds. The largest absolute Gasteiger partial charge is 0.419 e. The summed E-state index contributed by atoms with van der Waals surface area (Å²) in [5.41, 5.74) is 0.451. The lowest BCUT2D eigenvalue weighted by Gasteiger charge is -2.13. The molecule has 2 aromatic rings. The molecular weight excluding hydrogens is 337 g/mol. The Morgan fingerprint density at radius 3 is 2.50 bits per heavy atom. The van der Waals surface area contributed by atoms with Crippen molar-refractivity contribution in [2.75, 3.05) is 5.32 Å². The van der Waals surface area contributed by atoms with E-state index in [2.05, 4.69) is 36.2 Å². The highest BCUT2D eigenvalue weighted by atomic mass is 79.9. The van der Waals surface area contributed by atoms with Crippen molar-refractivity contribution in [2.45, 2.75) is 19.6 Å². The monoisotopic (exact) mass is 346 g/mol. The van der Waals surface area contributed by atoms with E-state index in [1.165, 1.54) is 12.4 Å². The van der Waals surface area contributed by atoms with Gasteiger partial charge in [0.05, 0.1) is 29.7 Å². The van der Waals surface area contributed by atoms with Crippen molar-refractivity contribution in [3.8, 4) is 0 Å². The van der Waals surface area contributed by atoms with Crippen molar-refractivity contribution in [1.82, 2.24) is 15.0 Å². The van der Waals surface area contributed by atoms with Crippen LogP contribution in [0, 0.1) is 6.92 Å². The minimum absolute atomic E-state index is 0.116. The van der Waals surface area contributed by atoms with Crippen molar-refractivity contribution in [3.63, 3.8) is 0 Å². The molecule has 8 heteroatoms. The van der Waals surface area contributed by atoms with Crippen LogP contribution in [-0.4, -0.2) is 15.0 Å². The SMILES string of the molecule is Cc1cnc(CNc2ncc(Br)cc2C(F)(F)F)cn1. The molecular formula is C12H10BrF3N4. The maximum absolute atomic E-state index is 12.9. The van der Waals surface area contributed by atoms with Crippen molar-refractivity contribution in [3.05, 3.63) is 46.1 Å². The molecule has 0 radical (unpaired) electrons. The lowest BCUT2D eigenvalue weighted by atomic mass is 10.2. The van der Waals surface area contributed by atoms with Gasteiger partial charge in [-0.2, -0.15) is 13.2 Å². The van der Waals surface area contributed by atoms with E-state index in [1.807, 2.05) is 0 Å². The molecule has 0 unspecified atom stereocenters. The lowest BCUT2D eigenvalue weighted by Crippen LogP contribution is -2.13. The zero-order valence-electron chi connectivity index (χ0n) is 10.4. The zero-order chi connectivity index (χ0) is 14.8. The molecule has 0 aliphatic carbocycles.